The van der Waals surface area contributed by atoms with Gasteiger partial charge in [-0.3, -0.25) is 0 Å². The number of rotatable bonds is 7. The Bertz CT molecular complexity index is 179. The van der Waals surface area contributed by atoms with Crippen molar-refractivity contribution < 1.29 is 0 Å². The molecule has 1 aliphatic rings. The van der Waals surface area contributed by atoms with E-state index in [2.05, 4.69) is 45.7 Å². The van der Waals surface area contributed by atoms with Crippen LogP contribution in [0.4, 0.5) is 0 Å². The van der Waals surface area contributed by atoms with Gasteiger partial charge in [0.2, 0.25) is 0 Å². The summed E-state index contributed by atoms with van der Waals surface area (Å²) in [6, 6.07) is 0. The van der Waals surface area contributed by atoms with Crippen molar-refractivity contribution in [3.8, 4) is 0 Å². The SMILES string of the molecule is CC(C)CCCC(CBr)(CBr)C1CCCC1. The molecule has 0 heterocycles. The van der Waals surface area contributed by atoms with Gasteiger partial charge in [0.15, 0.2) is 0 Å². The molecule has 1 fully saturated rings. The third-order valence-electron chi connectivity index (χ3n) is 4.21. The molecule has 0 aliphatic heterocycles. The highest BCUT2D eigenvalue weighted by Crippen LogP contribution is 2.45. The van der Waals surface area contributed by atoms with Crippen molar-refractivity contribution in [1.29, 1.82) is 0 Å². The van der Waals surface area contributed by atoms with Gasteiger partial charge in [0.1, 0.15) is 0 Å². The average molecular weight is 354 g/mol. The van der Waals surface area contributed by atoms with Crippen molar-refractivity contribution in [2.45, 2.75) is 58.8 Å². The molecular formula is C14H26Br2. The fraction of sp³-hybridized carbons (Fsp3) is 1.00. The molecule has 2 heteroatoms. The third-order valence-corrected chi connectivity index (χ3v) is 6.44. The maximum absolute atomic E-state index is 3.78. The Balaban J connectivity index is 2.49. The zero-order valence-electron chi connectivity index (χ0n) is 10.8. The van der Waals surface area contributed by atoms with E-state index >= 15 is 0 Å². The van der Waals surface area contributed by atoms with Crippen LogP contribution < -0.4 is 0 Å². The lowest BCUT2D eigenvalue weighted by atomic mass is 9.74. The second-order valence-electron chi connectivity index (χ2n) is 5.90. The summed E-state index contributed by atoms with van der Waals surface area (Å²) in [5.74, 6) is 1.81. The minimum atomic E-state index is 0.533. The summed E-state index contributed by atoms with van der Waals surface area (Å²) in [4.78, 5) is 0. The Morgan fingerprint density at radius 1 is 1.12 bits per heavy atom. The summed E-state index contributed by atoms with van der Waals surface area (Å²) in [6.07, 6.45) is 10.00. The Hall–Kier alpha value is 0.960. The van der Waals surface area contributed by atoms with E-state index in [0.29, 0.717) is 5.41 Å². The Labute approximate surface area is 118 Å². The van der Waals surface area contributed by atoms with E-state index in [1.807, 2.05) is 0 Å². The minimum Gasteiger partial charge on any atom is -0.0922 e. The molecule has 0 saturated heterocycles. The molecule has 0 radical (unpaired) electrons. The van der Waals surface area contributed by atoms with Crippen molar-refractivity contribution >= 4 is 31.9 Å². The monoisotopic (exact) mass is 352 g/mol. The molecule has 1 saturated carbocycles. The summed E-state index contributed by atoms with van der Waals surface area (Å²) >= 11 is 7.56. The Morgan fingerprint density at radius 2 is 1.69 bits per heavy atom. The largest absolute Gasteiger partial charge is 0.0922 e. The first kappa shape index (κ1) is 15.0. The molecule has 0 amide bonds. The van der Waals surface area contributed by atoms with Crippen molar-refractivity contribution in [2.24, 2.45) is 17.3 Å². The van der Waals surface area contributed by atoms with Crippen LogP contribution in [0, 0.1) is 17.3 Å². The topological polar surface area (TPSA) is 0 Å². The number of alkyl halides is 2. The molecule has 0 atom stereocenters. The molecule has 1 rings (SSSR count). The van der Waals surface area contributed by atoms with Crippen LogP contribution in [0.25, 0.3) is 0 Å². The van der Waals surface area contributed by atoms with E-state index in [0.717, 1.165) is 11.8 Å². The normalized spacial score (nSPS) is 18.6. The van der Waals surface area contributed by atoms with Gasteiger partial charge in [0.05, 0.1) is 0 Å². The molecule has 0 aromatic carbocycles. The lowest BCUT2D eigenvalue weighted by Crippen LogP contribution is -2.33. The highest BCUT2D eigenvalue weighted by Gasteiger charge is 2.37. The summed E-state index contributed by atoms with van der Waals surface area (Å²) < 4.78 is 0. The van der Waals surface area contributed by atoms with Gasteiger partial charge in [-0.1, -0.05) is 71.4 Å². The smallest absolute Gasteiger partial charge is 0.00986 e. The van der Waals surface area contributed by atoms with Crippen LogP contribution in [0.15, 0.2) is 0 Å². The lowest BCUT2D eigenvalue weighted by molar-refractivity contribution is 0.206. The molecule has 0 aromatic rings. The summed E-state index contributed by atoms with van der Waals surface area (Å²) in [6.45, 7) is 4.67. The van der Waals surface area contributed by atoms with Crippen molar-refractivity contribution in [3.05, 3.63) is 0 Å². The summed E-state index contributed by atoms with van der Waals surface area (Å²) in [5.41, 5.74) is 0.533. The highest BCUT2D eigenvalue weighted by atomic mass is 79.9. The summed E-state index contributed by atoms with van der Waals surface area (Å²) in [5, 5.41) is 2.35. The Kier molecular flexibility index (Phi) is 6.95. The lowest BCUT2D eigenvalue weighted by Gasteiger charge is -2.36. The van der Waals surface area contributed by atoms with Crippen LogP contribution in [0.2, 0.25) is 0 Å². The molecule has 0 unspecified atom stereocenters. The van der Waals surface area contributed by atoms with Gasteiger partial charge in [-0.25, -0.2) is 0 Å². The van der Waals surface area contributed by atoms with Gasteiger partial charge in [-0.15, -0.1) is 0 Å². The van der Waals surface area contributed by atoms with Gasteiger partial charge in [0, 0.05) is 10.7 Å². The van der Waals surface area contributed by atoms with E-state index in [-0.39, 0.29) is 0 Å². The first-order valence-electron chi connectivity index (χ1n) is 6.76. The Morgan fingerprint density at radius 3 is 2.12 bits per heavy atom. The van der Waals surface area contributed by atoms with Crippen LogP contribution in [-0.4, -0.2) is 10.7 Å². The molecule has 16 heavy (non-hydrogen) atoms. The zero-order valence-corrected chi connectivity index (χ0v) is 13.9. The first-order chi connectivity index (χ1) is 7.64. The molecule has 1 aliphatic carbocycles. The third kappa shape index (κ3) is 4.01. The predicted molar refractivity (Wildman–Crippen MR) is 80.7 cm³/mol. The number of hydrogen-bond acceptors (Lipinski definition) is 0. The van der Waals surface area contributed by atoms with Crippen molar-refractivity contribution in [3.63, 3.8) is 0 Å². The average Bonchev–Trinajstić information content (AvgIpc) is 2.78. The maximum Gasteiger partial charge on any atom is 0.00986 e. The molecule has 0 N–H and O–H groups in total. The number of hydrogen-bond donors (Lipinski definition) is 0. The van der Waals surface area contributed by atoms with E-state index in [9.17, 15) is 0 Å². The molecule has 0 aromatic heterocycles. The molecular weight excluding hydrogens is 328 g/mol. The molecule has 96 valence electrons. The standard InChI is InChI=1S/C14H26Br2/c1-12(2)6-5-9-14(10-15,11-16)13-7-3-4-8-13/h12-13H,3-11H2,1-2H3. The van der Waals surface area contributed by atoms with Crippen molar-refractivity contribution in [2.75, 3.05) is 10.7 Å². The molecule has 0 nitrogen and oxygen atoms in total. The number of halogens is 2. The fourth-order valence-electron chi connectivity index (χ4n) is 2.99. The van der Waals surface area contributed by atoms with Crippen LogP contribution in [-0.2, 0) is 0 Å². The van der Waals surface area contributed by atoms with Crippen LogP contribution in [0.1, 0.15) is 58.8 Å². The fourth-order valence-corrected chi connectivity index (χ4v) is 5.40. The van der Waals surface area contributed by atoms with E-state index in [1.165, 1.54) is 55.6 Å². The first-order valence-corrected chi connectivity index (χ1v) is 9.01. The quantitative estimate of drug-likeness (QED) is 0.509. The molecule has 0 spiro atoms. The van der Waals surface area contributed by atoms with Crippen molar-refractivity contribution in [1.82, 2.24) is 0 Å². The zero-order chi connectivity index (χ0) is 12.0. The van der Waals surface area contributed by atoms with E-state index in [1.54, 1.807) is 0 Å². The second-order valence-corrected chi connectivity index (χ2v) is 7.02. The maximum atomic E-state index is 3.78. The van der Waals surface area contributed by atoms with Gasteiger partial charge in [-0.05, 0) is 36.5 Å². The second kappa shape index (κ2) is 7.41. The summed E-state index contributed by atoms with van der Waals surface area (Å²) in [7, 11) is 0. The van der Waals surface area contributed by atoms with Gasteiger partial charge < -0.3 is 0 Å². The van der Waals surface area contributed by atoms with Crippen LogP contribution in [0.5, 0.6) is 0 Å². The molecule has 0 bridgehead atoms. The van der Waals surface area contributed by atoms with E-state index < -0.39 is 0 Å². The van der Waals surface area contributed by atoms with Crippen LogP contribution >= 0.6 is 31.9 Å². The minimum absolute atomic E-state index is 0.533. The predicted octanol–water partition coefficient (Wildman–Crippen LogP) is 5.78. The van der Waals surface area contributed by atoms with Crippen LogP contribution in [0.3, 0.4) is 0 Å². The van der Waals surface area contributed by atoms with E-state index in [4.69, 9.17) is 0 Å². The van der Waals surface area contributed by atoms with Gasteiger partial charge >= 0.3 is 0 Å². The van der Waals surface area contributed by atoms with Gasteiger partial charge in [-0.2, -0.15) is 0 Å². The van der Waals surface area contributed by atoms with Gasteiger partial charge in [0.25, 0.3) is 0 Å². The highest BCUT2D eigenvalue weighted by molar-refractivity contribution is 9.09.